The first-order valence-corrected chi connectivity index (χ1v) is 12.2. The molecule has 1 amide bonds. The van der Waals surface area contributed by atoms with Gasteiger partial charge in [-0.1, -0.05) is 108 Å². The molecule has 182 valence electrons. The van der Waals surface area contributed by atoms with Gasteiger partial charge in [0.2, 0.25) is 5.91 Å². The van der Waals surface area contributed by atoms with Crippen molar-refractivity contribution in [3.63, 3.8) is 0 Å². The van der Waals surface area contributed by atoms with E-state index in [9.17, 15) is 9.59 Å². The summed E-state index contributed by atoms with van der Waals surface area (Å²) in [5.74, 6) is -0.685. The topological polar surface area (TPSA) is 77.3 Å². The van der Waals surface area contributed by atoms with Gasteiger partial charge in [-0.05, 0) is 40.5 Å². The molecule has 1 aromatic heterocycles. The number of hydrogen-bond donors (Lipinski definition) is 0. The van der Waals surface area contributed by atoms with Crippen LogP contribution in [-0.2, 0) is 15.1 Å². The van der Waals surface area contributed by atoms with Crippen molar-refractivity contribution < 1.29 is 14.4 Å². The summed E-state index contributed by atoms with van der Waals surface area (Å²) in [7, 11) is 0. The number of hydrogen-bond acceptors (Lipinski definition) is 5. The summed E-state index contributed by atoms with van der Waals surface area (Å²) in [6, 6.07) is 35.9. The van der Waals surface area contributed by atoms with Gasteiger partial charge < -0.3 is 9.74 Å². The maximum Gasteiger partial charge on any atom is 0.357 e. The van der Waals surface area contributed by atoms with Crippen LogP contribution in [0.5, 0.6) is 0 Å². The van der Waals surface area contributed by atoms with Crippen LogP contribution in [0.2, 0.25) is 0 Å². The highest BCUT2D eigenvalue weighted by Gasteiger charge is 2.52. The number of nitrogens with zero attached hydrogens (tertiary/aromatic N) is 4. The molecule has 1 saturated heterocycles. The second-order valence-electron chi connectivity index (χ2n) is 8.99. The van der Waals surface area contributed by atoms with Crippen LogP contribution < -0.4 is 4.84 Å². The van der Waals surface area contributed by atoms with Crippen LogP contribution in [0.15, 0.2) is 115 Å². The molecule has 0 aliphatic carbocycles. The van der Waals surface area contributed by atoms with Crippen molar-refractivity contribution >= 4 is 22.9 Å². The Labute approximate surface area is 213 Å². The fourth-order valence-corrected chi connectivity index (χ4v) is 5.34. The molecule has 0 unspecified atom stereocenters. The van der Waals surface area contributed by atoms with Crippen molar-refractivity contribution in [2.45, 2.75) is 24.4 Å². The summed E-state index contributed by atoms with van der Waals surface area (Å²) in [5, 5.41) is 8.09. The quantitative estimate of drug-likeness (QED) is 0.262. The number of aromatic nitrogens is 3. The van der Waals surface area contributed by atoms with Gasteiger partial charge in [-0.15, -0.1) is 5.10 Å². The first-order valence-electron chi connectivity index (χ1n) is 12.2. The van der Waals surface area contributed by atoms with Crippen LogP contribution in [0.3, 0.4) is 0 Å². The molecule has 6 rings (SSSR count). The Kier molecular flexibility index (Phi) is 5.73. The Hall–Kier alpha value is -4.78. The molecule has 1 aliphatic heterocycles. The average molecular weight is 489 g/mol. The number of para-hydroxylation sites is 1. The molecule has 1 fully saturated rings. The maximum absolute atomic E-state index is 13.8. The number of carbonyl (C=O) groups is 2. The van der Waals surface area contributed by atoms with Crippen LogP contribution >= 0.6 is 0 Å². The van der Waals surface area contributed by atoms with Gasteiger partial charge in [0.15, 0.2) is 0 Å². The Morgan fingerprint density at radius 3 is 1.84 bits per heavy atom. The molecule has 7 heteroatoms. The minimum atomic E-state index is -1.05. The molecule has 0 radical (unpaired) electrons. The molecule has 37 heavy (non-hydrogen) atoms. The van der Waals surface area contributed by atoms with E-state index in [0.29, 0.717) is 17.5 Å². The lowest BCUT2D eigenvalue weighted by atomic mass is 9.75. The van der Waals surface area contributed by atoms with Gasteiger partial charge in [-0.25, -0.2) is 4.79 Å². The summed E-state index contributed by atoms with van der Waals surface area (Å²) in [4.78, 5) is 36.1. The van der Waals surface area contributed by atoms with E-state index < -0.39 is 17.6 Å². The van der Waals surface area contributed by atoms with Crippen LogP contribution in [0.4, 0.5) is 0 Å². The summed E-state index contributed by atoms with van der Waals surface area (Å²) >= 11 is 0. The summed E-state index contributed by atoms with van der Waals surface area (Å²) in [6.07, 6.45) is 0.560. The molecule has 1 atom stereocenters. The van der Waals surface area contributed by atoms with Crippen LogP contribution in [0.1, 0.15) is 29.5 Å². The van der Waals surface area contributed by atoms with E-state index in [1.165, 1.54) is 0 Å². The van der Waals surface area contributed by atoms with E-state index >= 15 is 0 Å². The maximum atomic E-state index is 13.8. The Morgan fingerprint density at radius 2 is 1.27 bits per heavy atom. The van der Waals surface area contributed by atoms with Crippen molar-refractivity contribution in [3.8, 4) is 0 Å². The molecule has 0 saturated carbocycles. The summed E-state index contributed by atoms with van der Waals surface area (Å²) in [5.41, 5.74) is 2.78. The predicted octanol–water partition coefficient (Wildman–Crippen LogP) is 4.37. The van der Waals surface area contributed by atoms with Gasteiger partial charge in [0.05, 0.1) is 0 Å². The standard InChI is InChI=1S/C30H24N4O3/c35-28-21-20-27(29(36)37-34-26-19-11-10-18-25(26)31-32-34)33(28)30(22-12-4-1-5-13-22,23-14-6-2-7-15-23)24-16-8-3-9-17-24/h1-19,27H,20-21H2/t27-/m0/s1. The fraction of sp³-hybridized carbons (Fsp3) is 0.133. The third-order valence-electron chi connectivity index (χ3n) is 6.92. The number of fused-ring (bicyclic) bond motifs is 1. The lowest BCUT2D eigenvalue weighted by molar-refractivity contribution is -0.156. The SMILES string of the molecule is O=C(On1nnc2ccccc21)[C@@H]1CCC(=O)N1C(c1ccccc1)(c1ccccc1)c1ccccc1. The monoisotopic (exact) mass is 488 g/mol. The third kappa shape index (κ3) is 3.76. The highest BCUT2D eigenvalue weighted by Crippen LogP contribution is 2.46. The molecule has 0 bridgehead atoms. The zero-order valence-electron chi connectivity index (χ0n) is 20.0. The fourth-order valence-electron chi connectivity index (χ4n) is 5.34. The van der Waals surface area contributed by atoms with E-state index in [1.54, 1.807) is 17.0 Å². The minimum absolute atomic E-state index is 0.123. The van der Waals surface area contributed by atoms with Gasteiger partial charge in [0, 0.05) is 6.42 Å². The van der Waals surface area contributed by atoms with E-state index in [4.69, 9.17) is 4.84 Å². The molecular formula is C30H24N4O3. The lowest BCUT2D eigenvalue weighted by Crippen LogP contribution is -2.55. The smallest absolute Gasteiger partial charge is 0.315 e. The second kappa shape index (κ2) is 9.35. The van der Waals surface area contributed by atoms with E-state index in [0.717, 1.165) is 21.5 Å². The minimum Gasteiger partial charge on any atom is -0.315 e. The molecule has 5 aromatic rings. The lowest BCUT2D eigenvalue weighted by Gasteiger charge is -2.45. The second-order valence-corrected chi connectivity index (χ2v) is 8.99. The summed E-state index contributed by atoms with van der Waals surface area (Å²) < 4.78 is 0. The molecule has 0 spiro atoms. The number of amides is 1. The van der Waals surface area contributed by atoms with Crippen molar-refractivity contribution in [2.24, 2.45) is 0 Å². The van der Waals surface area contributed by atoms with E-state index in [2.05, 4.69) is 10.3 Å². The zero-order chi connectivity index (χ0) is 25.2. The van der Waals surface area contributed by atoms with E-state index in [1.807, 2.05) is 103 Å². The van der Waals surface area contributed by atoms with Crippen molar-refractivity contribution in [2.75, 3.05) is 0 Å². The average Bonchev–Trinajstić information content (AvgIpc) is 3.55. The zero-order valence-corrected chi connectivity index (χ0v) is 20.0. The number of benzene rings is 4. The first-order chi connectivity index (χ1) is 18.2. The first kappa shape index (κ1) is 22.7. The molecular weight excluding hydrogens is 464 g/mol. The summed E-state index contributed by atoms with van der Waals surface area (Å²) in [6.45, 7) is 0. The molecule has 1 aliphatic rings. The van der Waals surface area contributed by atoms with Gasteiger partial charge in [0.25, 0.3) is 0 Å². The highest BCUT2D eigenvalue weighted by molar-refractivity contribution is 5.90. The molecule has 0 N–H and O–H groups in total. The van der Waals surface area contributed by atoms with Gasteiger partial charge >= 0.3 is 5.97 Å². The van der Waals surface area contributed by atoms with Crippen LogP contribution in [-0.4, -0.2) is 38.0 Å². The normalized spacial score (nSPS) is 15.7. The predicted molar refractivity (Wildman–Crippen MR) is 138 cm³/mol. The number of carbonyl (C=O) groups excluding carboxylic acids is 2. The third-order valence-corrected chi connectivity index (χ3v) is 6.92. The van der Waals surface area contributed by atoms with Crippen molar-refractivity contribution in [1.82, 2.24) is 20.1 Å². The molecule has 7 nitrogen and oxygen atoms in total. The Balaban J connectivity index is 1.52. The molecule has 4 aromatic carbocycles. The molecule has 2 heterocycles. The largest absolute Gasteiger partial charge is 0.357 e. The highest BCUT2D eigenvalue weighted by atomic mass is 16.7. The van der Waals surface area contributed by atoms with Crippen LogP contribution in [0.25, 0.3) is 11.0 Å². The van der Waals surface area contributed by atoms with Gasteiger partial charge in [0.1, 0.15) is 22.6 Å². The van der Waals surface area contributed by atoms with Crippen molar-refractivity contribution in [3.05, 3.63) is 132 Å². The Morgan fingerprint density at radius 1 is 0.757 bits per heavy atom. The number of likely N-dealkylation sites (tertiary alicyclic amines) is 1. The van der Waals surface area contributed by atoms with Crippen molar-refractivity contribution in [1.29, 1.82) is 0 Å². The van der Waals surface area contributed by atoms with Gasteiger partial charge in [-0.3, -0.25) is 4.79 Å². The van der Waals surface area contributed by atoms with Crippen LogP contribution in [0, 0.1) is 0 Å². The number of rotatable bonds is 6. The van der Waals surface area contributed by atoms with Gasteiger partial charge in [-0.2, -0.15) is 0 Å². The Bertz CT molecular complexity index is 1450. The van der Waals surface area contributed by atoms with E-state index in [-0.39, 0.29) is 12.3 Å².